The fourth-order valence-corrected chi connectivity index (χ4v) is 3.65. The Labute approximate surface area is 146 Å². The highest BCUT2D eigenvalue weighted by Crippen LogP contribution is 2.43. The molecule has 3 rings (SSSR count). The molecule has 126 valence electrons. The Kier molecular flexibility index (Phi) is 3.97. The molecule has 0 spiro atoms. The second-order valence-electron chi connectivity index (χ2n) is 6.84. The molecule has 2 saturated heterocycles. The Morgan fingerprint density at radius 2 is 1.79 bits per heavy atom. The highest BCUT2D eigenvalue weighted by molar-refractivity contribution is 6.32. The van der Waals surface area contributed by atoms with E-state index in [2.05, 4.69) is 11.8 Å². The summed E-state index contributed by atoms with van der Waals surface area (Å²) < 4.78 is 5.39. The molecule has 0 atom stereocenters. The molecule has 0 unspecified atom stereocenters. The lowest BCUT2D eigenvalue weighted by Crippen LogP contribution is -2.33. The maximum absolute atomic E-state index is 12.8. The third-order valence-electron chi connectivity index (χ3n) is 4.32. The topological polar surface area (TPSA) is 49.9 Å². The van der Waals surface area contributed by atoms with Gasteiger partial charge in [0, 0.05) is 29.6 Å². The van der Waals surface area contributed by atoms with E-state index in [0.29, 0.717) is 35.0 Å². The van der Waals surface area contributed by atoms with Crippen molar-refractivity contribution >= 4 is 23.4 Å². The van der Waals surface area contributed by atoms with E-state index in [9.17, 15) is 9.59 Å². The first-order chi connectivity index (χ1) is 11.3. The second-order valence-corrected chi connectivity index (χ2v) is 7.25. The summed E-state index contributed by atoms with van der Waals surface area (Å²) >= 11 is 6.38. The number of nitrogens with zero attached hydrogens (tertiary/aromatic N) is 2. The van der Waals surface area contributed by atoms with Crippen LogP contribution in [0.5, 0.6) is 5.75 Å². The minimum absolute atomic E-state index is 0.106. The standard InChI is InChI=1S/C18H19ClN2O3/c1-5-6-11-7-12(19)14(13(8-11)24-4)15-16(22)20-9-18(2,3)10-21(20)17(15)23/h7-8,15H,9-10H2,1-4H3. The van der Waals surface area contributed by atoms with Crippen LogP contribution in [-0.4, -0.2) is 42.0 Å². The lowest BCUT2D eigenvalue weighted by molar-refractivity contribution is -0.141. The van der Waals surface area contributed by atoms with Gasteiger partial charge in [0.15, 0.2) is 5.92 Å². The van der Waals surface area contributed by atoms with Crippen molar-refractivity contribution < 1.29 is 14.3 Å². The van der Waals surface area contributed by atoms with Crippen molar-refractivity contribution in [3.63, 3.8) is 0 Å². The van der Waals surface area contributed by atoms with E-state index in [0.717, 1.165) is 0 Å². The van der Waals surface area contributed by atoms with Crippen molar-refractivity contribution in [2.24, 2.45) is 5.41 Å². The van der Waals surface area contributed by atoms with Crippen LogP contribution in [0.1, 0.15) is 37.8 Å². The molecule has 2 aliphatic rings. The number of benzene rings is 1. The Hall–Kier alpha value is -2.19. The average Bonchev–Trinajstić information content (AvgIpc) is 2.94. The van der Waals surface area contributed by atoms with E-state index in [-0.39, 0.29) is 17.2 Å². The number of carbonyl (C=O) groups excluding carboxylic acids is 2. The van der Waals surface area contributed by atoms with E-state index in [1.54, 1.807) is 19.1 Å². The lowest BCUT2D eigenvalue weighted by atomic mass is 9.91. The number of fused-ring (bicyclic) bond motifs is 1. The molecule has 2 aliphatic heterocycles. The summed E-state index contributed by atoms with van der Waals surface area (Å²) in [5.41, 5.74) is 0.996. The zero-order valence-electron chi connectivity index (χ0n) is 14.1. The third kappa shape index (κ3) is 2.51. The van der Waals surface area contributed by atoms with Gasteiger partial charge in [0.05, 0.1) is 12.1 Å². The van der Waals surface area contributed by atoms with E-state index in [4.69, 9.17) is 16.3 Å². The number of ether oxygens (including phenoxy) is 1. The average molecular weight is 347 g/mol. The van der Waals surface area contributed by atoms with Crippen LogP contribution >= 0.6 is 11.6 Å². The van der Waals surface area contributed by atoms with Crippen molar-refractivity contribution in [2.75, 3.05) is 20.2 Å². The van der Waals surface area contributed by atoms with Crippen LogP contribution in [0.4, 0.5) is 0 Å². The maximum Gasteiger partial charge on any atom is 0.258 e. The smallest absolute Gasteiger partial charge is 0.258 e. The Morgan fingerprint density at radius 1 is 1.21 bits per heavy atom. The normalized spacial score (nSPS) is 19.4. The molecular weight excluding hydrogens is 328 g/mol. The van der Waals surface area contributed by atoms with Gasteiger partial charge in [0.2, 0.25) is 0 Å². The largest absolute Gasteiger partial charge is 0.496 e. The van der Waals surface area contributed by atoms with Crippen molar-refractivity contribution in [2.45, 2.75) is 26.7 Å². The second kappa shape index (κ2) is 5.71. The van der Waals surface area contributed by atoms with Gasteiger partial charge in [-0.3, -0.25) is 9.59 Å². The number of amides is 2. The van der Waals surface area contributed by atoms with Gasteiger partial charge in [-0.2, -0.15) is 0 Å². The van der Waals surface area contributed by atoms with E-state index < -0.39 is 5.92 Å². The summed E-state index contributed by atoms with van der Waals surface area (Å²) in [7, 11) is 1.49. The molecule has 2 amide bonds. The molecule has 0 aromatic heterocycles. The monoisotopic (exact) mass is 346 g/mol. The summed E-state index contributed by atoms with van der Waals surface area (Å²) in [6.45, 7) is 6.84. The first kappa shape index (κ1) is 16.7. The van der Waals surface area contributed by atoms with E-state index in [1.807, 2.05) is 13.8 Å². The fourth-order valence-electron chi connectivity index (χ4n) is 3.33. The molecule has 24 heavy (non-hydrogen) atoms. The van der Waals surface area contributed by atoms with Gasteiger partial charge in [-0.15, -0.1) is 5.92 Å². The number of hydrogen-bond donors (Lipinski definition) is 0. The lowest BCUT2D eigenvalue weighted by Gasteiger charge is -2.18. The molecule has 2 heterocycles. The molecule has 0 N–H and O–H groups in total. The minimum Gasteiger partial charge on any atom is -0.496 e. The minimum atomic E-state index is -0.952. The van der Waals surface area contributed by atoms with Crippen LogP contribution < -0.4 is 4.74 Å². The van der Waals surface area contributed by atoms with Gasteiger partial charge in [-0.1, -0.05) is 31.4 Å². The first-order valence-electron chi connectivity index (χ1n) is 7.72. The van der Waals surface area contributed by atoms with Crippen molar-refractivity contribution in [3.05, 3.63) is 28.3 Å². The number of carbonyl (C=O) groups is 2. The number of hydrogen-bond acceptors (Lipinski definition) is 3. The molecule has 5 nitrogen and oxygen atoms in total. The van der Waals surface area contributed by atoms with Crippen LogP contribution in [0.3, 0.4) is 0 Å². The number of hydrazine groups is 1. The Bertz CT molecular complexity index is 765. The van der Waals surface area contributed by atoms with Gasteiger partial charge >= 0.3 is 0 Å². The molecule has 0 radical (unpaired) electrons. The molecule has 0 aliphatic carbocycles. The van der Waals surface area contributed by atoms with E-state index >= 15 is 0 Å². The predicted octanol–water partition coefficient (Wildman–Crippen LogP) is 2.43. The van der Waals surface area contributed by atoms with Crippen LogP contribution in [0.25, 0.3) is 0 Å². The molecule has 2 fully saturated rings. The van der Waals surface area contributed by atoms with Gasteiger partial charge in [-0.05, 0) is 19.1 Å². The summed E-state index contributed by atoms with van der Waals surface area (Å²) in [6.07, 6.45) is 0. The summed E-state index contributed by atoms with van der Waals surface area (Å²) in [4.78, 5) is 25.7. The van der Waals surface area contributed by atoms with Crippen LogP contribution in [0, 0.1) is 17.3 Å². The van der Waals surface area contributed by atoms with Crippen LogP contribution in [0.2, 0.25) is 5.02 Å². The van der Waals surface area contributed by atoms with Gasteiger partial charge < -0.3 is 4.74 Å². The number of rotatable bonds is 2. The molecular formula is C18H19ClN2O3. The summed E-state index contributed by atoms with van der Waals surface area (Å²) in [5.74, 6) is 4.66. The Balaban J connectivity index is 2.05. The summed E-state index contributed by atoms with van der Waals surface area (Å²) in [5, 5.41) is 3.38. The highest BCUT2D eigenvalue weighted by Gasteiger charge is 2.54. The van der Waals surface area contributed by atoms with Crippen molar-refractivity contribution in [1.29, 1.82) is 0 Å². The van der Waals surface area contributed by atoms with Gasteiger partial charge in [0.1, 0.15) is 5.75 Å². The van der Waals surface area contributed by atoms with Crippen LogP contribution in [0.15, 0.2) is 12.1 Å². The van der Waals surface area contributed by atoms with Gasteiger partial charge in [-0.25, -0.2) is 10.0 Å². The predicted molar refractivity (Wildman–Crippen MR) is 90.5 cm³/mol. The molecule has 0 saturated carbocycles. The molecule has 1 aromatic rings. The molecule has 6 heteroatoms. The van der Waals surface area contributed by atoms with E-state index in [1.165, 1.54) is 17.1 Å². The first-order valence-corrected chi connectivity index (χ1v) is 8.10. The maximum atomic E-state index is 12.8. The van der Waals surface area contributed by atoms with Crippen molar-refractivity contribution in [1.82, 2.24) is 10.0 Å². The summed E-state index contributed by atoms with van der Waals surface area (Å²) in [6, 6.07) is 3.38. The van der Waals surface area contributed by atoms with Crippen molar-refractivity contribution in [3.8, 4) is 17.6 Å². The van der Waals surface area contributed by atoms with Gasteiger partial charge in [0.25, 0.3) is 11.8 Å². The molecule has 1 aromatic carbocycles. The Morgan fingerprint density at radius 3 is 2.29 bits per heavy atom. The SMILES string of the molecule is CC#Cc1cc(Cl)c(C2C(=O)N3CC(C)(C)CN3C2=O)c(OC)c1. The fraction of sp³-hybridized carbons (Fsp3) is 0.444. The zero-order valence-corrected chi connectivity index (χ0v) is 14.9. The highest BCUT2D eigenvalue weighted by atomic mass is 35.5. The quantitative estimate of drug-likeness (QED) is 0.610. The molecule has 0 bridgehead atoms. The number of methoxy groups -OCH3 is 1. The zero-order chi connectivity index (χ0) is 17.6. The number of halogens is 1. The third-order valence-corrected chi connectivity index (χ3v) is 4.63. The van der Waals surface area contributed by atoms with Crippen LogP contribution in [-0.2, 0) is 9.59 Å².